The van der Waals surface area contributed by atoms with Crippen LogP contribution in [0, 0.1) is 5.41 Å². The van der Waals surface area contributed by atoms with E-state index < -0.39 is 0 Å². The number of carbonyl (C=O) groups excluding carboxylic acids is 2. The molecule has 4 N–H and O–H groups in total. The molecule has 1 heterocycles. The Hall–Kier alpha value is -2.50. The van der Waals surface area contributed by atoms with Gasteiger partial charge in [0.1, 0.15) is 5.82 Å². The highest BCUT2D eigenvalue weighted by atomic mass is 16.2. The van der Waals surface area contributed by atoms with Gasteiger partial charge in [-0.1, -0.05) is 26.8 Å². The van der Waals surface area contributed by atoms with Gasteiger partial charge in [0.25, 0.3) is 11.8 Å². The average Bonchev–Trinajstić information content (AvgIpc) is 3.30. The van der Waals surface area contributed by atoms with Gasteiger partial charge in [-0.25, -0.2) is 0 Å². The van der Waals surface area contributed by atoms with E-state index in [-0.39, 0.29) is 29.3 Å². The lowest BCUT2D eigenvalue weighted by Gasteiger charge is -2.35. The zero-order valence-corrected chi connectivity index (χ0v) is 16.1. The molecule has 1 saturated carbocycles. The number of fused-ring (bicyclic) bond motifs is 1. The molecule has 1 aliphatic rings. The second-order valence-electron chi connectivity index (χ2n) is 8.38. The summed E-state index contributed by atoms with van der Waals surface area (Å²) < 4.78 is 0. The first-order chi connectivity index (χ1) is 12.1. The fraction of sp³-hybridized carbons (Fsp3) is 0.500. The summed E-state index contributed by atoms with van der Waals surface area (Å²) in [5.74, 6) is 0.124. The Balaban J connectivity index is 1.90. The maximum Gasteiger partial charge on any atom is 0.255 e. The first kappa shape index (κ1) is 18.3. The molecule has 140 valence electrons. The predicted octanol–water partition coefficient (Wildman–Crippen LogP) is 3.15. The van der Waals surface area contributed by atoms with E-state index >= 15 is 0 Å². The van der Waals surface area contributed by atoms with Crippen LogP contribution < -0.4 is 11.1 Å². The fourth-order valence-electron chi connectivity index (χ4n) is 3.04. The molecule has 1 aliphatic carbocycles. The number of hydrogen-bond acceptors (Lipinski definition) is 3. The Labute approximate surface area is 154 Å². The summed E-state index contributed by atoms with van der Waals surface area (Å²) in [7, 11) is 1.82. The predicted molar refractivity (Wildman–Crippen MR) is 104 cm³/mol. The minimum Gasteiger partial charge on any atom is -0.385 e. The number of amides is 2. The Morgan fingerprint density at radius 3 is 2.54 bits per heavy atom. The van der Waals surface area contributed by atoms with Crippen molar-refractivity contribution in [2.75, 3.05) is 12.8 Å². The smallest absolute Gasteiger partial charge is 0.255 e. The van der Waals surface area contributed by atoms with Crippen molar-refractivity contribution in [3.8, 4) is 0 Å². The summed E-state index contributed by atoms with van der Waals surface area (Å²) in [5, 5.41) is 3.70. The lowest BCUT2D eigenvalue weighted by Crippen LogP contribution is -2.42. The van der Waals surface area contributed by atoms with Crippen molar-refractivity contribution in [3.63, 3.8) is 0 Å². The number of nitrogen functional groups attached to an aromatic ring is 1. The van der Waals surface area contributed by atoms with Crippen molar-refractivity contribution >= 4 is 28.5 Å². The molecule has 0 spiro atoms. The van der Waals surface area contributed by atoms with E-state index in [4.69, 9.17) is 5.73 Å². The van der Waals surface area contributed by atoms with Gasteiger partial charge >= 0.3 is 0 Å². The van der Waals surface area contributed by atoms with E-state index in [1.807, 2.05) is 14.0 Å². The minimum absolute atomic E-state index is 0.0144. The zero-order chi connectivity index (χ0) is 19.2. The van der Waals surface area contributed by atoms with Gasteiger partial charge in [0.15, 0.2) is 0 Å². The van der Waals surface area contributed by atoms with Crippen LogP contribution >= 0.6 is 0 Å². The van der Waals surface area contributed by atoms with Crippen LogP contribution in [0.1, 0.15) is 61.3 Å². The topological polar surface area (TPSA) is 91.2 Å². The minimum atomic E-state index is -0.159. The fourth-order valence-corrected chi connectivity index (χ4v) is 3.04. The van der Waals surface area contributed by atoms with Crippen molar-refractivity contribution in [1.29, 1.82) is 0 Å². The highest BCUT2D eigenvalue weighted by Gasteiger charge is 2.29. The largest absolute Gasteiger partial charge is 0.385 e. The molecule has 3 rings (SSSR count). The number of anilines is 1. The number of hydrogen-bond donors (Lipinski definition) is 3. The van der Waals surface area contributed by atoms with Gasteiger partial charge in [-0.2, -0.15) is 0 Å². The molecule has 0 unspecified atom stereocenters. The molecule has 0 saturated heterocycles. The van der Waals surface area contributed by atoms with Crippen LogP contribution in [0.3, 0.4) is 0 Å². The molecule has 1 aromatic heterocycles. The van der Waals surface area contributed by atoms with Crippen molar-refractivity contribution < 1.29 is 9.59 Å². The summed E-state index contributed by atoms with van der Waals surface area (Å²) in [5.41, 5.74) is 7.75. The molecule has 26 heavy (non-hydrogen) atoms. The van der Waals surface area contributed by atoms with Gasteiger partial charge in [-0.15, -0.1) is 0 Å². The van der Waals surface area contributed by atoms with E-state index in [0.717, 1.165) is 18.2 Å². The number of H-pyrrole nitrogens is 1. The number of aromatic nitrogens is 1. The second-order valence-corrected chi connectivity index (χ2v) is 8.38. The van der Waals surface area contributed by atoms with Crippen LogP contribution in [0.5, 0.6) is 0 Å². The zero-order valence-electron chi connectivity index (χ0n) is 16.1. The van der Waals surface area contributed by atoms with Crippen LogP contribution in [0.15, 0.2) is 18.2 Å². The van der Waals surface area contributed by atoms with Crippen LogP contribution in [-0.4, -0.2) is 40.8 Å². The van der Waals surface area contributed by atoms with Crippen LogP contribution in [0.2, 0.25) is 0 Å². The van der Waals surface area contributed by atoms with E-state index in [0.29, 0.717) is 22.5 Å². The SMILES string of the molecule is C[C@H](N(C)C(=O)c1ccc2c(C(=O)NC3CC3)c(N)[nH]c2c1)C(C)(C)C. The van der Waals surface area contributed by atoms with E-state index in [2.05, 4.69) is 31.1 Å². The first-order valence-electron chi connectivity index (χ1n) is 9.09. The Morgan fingerprint density at radius 1 is 1.31 bits per heavy atom. The van der Waals surface area contributed by atoms with E-state index in [1.54, 1.807) is 23.1 Å². The summed E-state index contributed by atoms with van der Waals surface area (Å²) in [6, 6.07) is 5.68. The van der Waals surface area contributed by atoms with E-state index in [9.17, 15) is 9.59 Å². The van der Waals surface area contributed by atoms with Crippen LogP contribution in [-0.2, 0) is 0 Å². The normalized spacial score (nSPS) is 15.7. The van der Waals surface area contributed by atoms with Gasteiger partial charge in [-0.05, 0) is 37.3 Å². The maximum atomic E-state index is 12.9. The molecule has 6 nitrogen and oxygen atoms in total. The summed E-state index contributed by atoms with van der Waals surface area (Å²) in [6.45, 7) is 8.38. The van der Waals surface area contributed by atoms with Gasteiger partial charge in [0.2, 0.25) is 0 Å². The second kappa shape index (κ2) is 6.34. The number of nitrogens with one attached hydrogen (secondary N) is 2. The molecule has 6 heteroatoms. The number of nitrogens with two attached hydrogens (primary N) is 1. The lowest BCUT2D eigenvalue weighted by atomic mass is 9.87. The maximum absolute atomic E-state index is 12.9. The lowest BCUT2D eigenvalue weighted by molar-refractivity contribution is 0.0629. The molecule has 1 fully saturated rings. The highest BCUT2D eigenvalue weighted by molar-refractivity contribution is 6.12. The molecule has 0 bridgehead atoms. The van der Waals surface area contributed by atoms with Crippen LogP contribution in [0.4, 0.5) is 5.82 Å². The first-order valence-corrected chi connectivity index (χ1v) is 9.09. The number of rotatable bonds is 4. The van der Waals surface area contributed by atoms with Gasteiger partial charge in [0.05, 0.1) is 5.56 Å². The molecule has 2 aromatic rings. The number of nitrogens with zero attached hydrogens (tertiary/aromatic N) is 1. The standard InChI is InChI=1S/C20H28N4O2/c1-11(20(2,3)4)24(5)19(26)12-6-9-14-15(10-12)23-17(21)16(14)18(25)22-13-7-8-13/h6,9-11,13,23H,7-8,21H2,1-5H3,(H,22,25)/t11-/m0/s1. The molecular formula is C20H28N4O2. The van der Waals surface area contributed by atoms with E-state index in [1.165, 1.54) is 0 Å². The average molecular weight is 356 g/mol. The summed E-state index contributed by atoms with van der Waals surface area (Å²) in [6.07, 6.45) is 2.04. The quantitative estimate of drug-likeness (QED) is 0.786. The molecular weight excluding hydrogens is 328 g/mol. The Morgan fingerprint density at radius 2 is 1.96 bits per heavy atom. The number of aromatic amines is 1. The molecule has 1 atom stereocenters. The number of benzene rings is 1. The van der Waals surface area contributed by atoms with Crippen molar-refractivity contribution in [1.82, 2.24) is 15.2 Å². The third-order valence-electron chi connectivity index (χ3n) is 5.37. The Bertz CT molecular complexity index is 859. The molecule has 1 aromatic carbocycles. The summed E-state index contributed by atoms with van der Waals surface area (Å²) in [4.78, 5) is 30.1. The monoisotopic (exact) mass is 356 g/mol. The van der Waals surface area contributed by atoms with Crippen molar-refractivity contribution in [3.05, 3.63) is 29.3 Å². The Kier molecular flexibility index (Phi) is 4.46. The summed E-state index contributed by atoms with van der Waals surface area (Å²) >= 11 is 0. The van der Waals surface area contributed by atoms with Gasteiger partial charge in [0, 0.05) is 35.6 Å². The van der Waals surface area contributed by atoms with Crippen molar-refractivity contribution in [2.24, 2.45) is 5.41 Å². The molecule has 2 amide bonds. The molecule has 0 aliphatic heterocycles. The third-order valence-corrected chi connectivity index (χ3v) is 5.37. The van der Waals surface area contributed by atoms with Gasteiger partial charge in [-0.3, -0.25) is 9.59 Å². The molecule has 0 radical (unpaired) electrons. The highest BCUT2D eigenvalue weighted by Crippen LogP contribution is 2.29. The van der Waals surface area contributed by atoms with Gasteiger partial charge < -0.3 is 20.9 Å². The van der Waals surface area contributed by atoms with Crippen LogP contribution in [0.25, 0.3) is 10.9 Å². The third kappa shape index (κ3) is 3.41. The number of carbonyl (C=O) groups is 2. The van der Waals surface area contributed by atoms with Crippen molar-refractivity contribution in [2.45, 2.75) is 52.6 Å².